The van der Waals surface area contributed by atoms with E-state index in [0.717, 1.165) is 19.0 Å². The molecule has 6 heteroatoms. The van der Waals surface area contributed by atoms with E-state index in [1.54, 1.807) is 19.3 Å². The highest BCUT2D eigenvalue weighted by Crippen LogP contribution is 2.06. The average Bonchev–Trinajstić information content (AvgIpc) is 3.01. The van der Waals surface area contributed by atoms with Crippen molar-refractivity contribution in [1.29, 1.82) is 0 Å². The van der Waals surface area contributed by atoms with E-state index in [-0.39, 0.29) is 24.0 Å². The van der Waals surface area contributed by atoms with E-state index in [1.807, 2.05) is 16.9 Å². The third kappa shape index (κ3) is 5.88. The van der Waals surface area contributed by atoms with Gasteiger partial charge in [0.1, 0.15) is 0 Å². The molecule has 0 aliphatic rings. The molecule has 0 saturated carbocycles. The van der Waals surface area contributed by atoms with E-state index in [0.29, 0.717) is 6.54 Å². The van der Waals surface area contributed by atoms with Crippen LogP contribution in [0.5, 0.6) is 0 Å². The van der Waals surface area contributed by atoms with Gasteiger partial charge in [0.25, 0.3) is 0 Å². The Bertz CT molecular complexity index is 592. The second-order valence-electron chi connectivity index (χ2n) is 4.62. The van der Waals surface area contributed by atoms with Gasteiger partial charge in [-0.05, 0) is 17.2 Å². The lowest BCUT2D eigenvalue weighted by molar-refractivity contribution is 0.685. The SMILES string of the molecule is C=CCNC(=NC)NCc1cccc(Cn2cccn2)c1.I. The van der Waals surface area contributed by atoms with Gasteiger partial charge in [-0.2, -0.15) is 5.10 Å². The van der Waals surface area contributed by atoms with Gasteiger partial charge in [0.2, 0.25) is 0 Å². The van der Waals surface area contributed by atoms with Crippen molar-refractivity contribution in [2.24, 2.45) is 4.99 Å². The number of rotatable bonds is 6. The molecule has 0 saturated heterocycles. The van der Waals surface area contributed by atoms with Gasteiger partial charge in [-0.1, -0.05) is 30.3 Å². The second kappa shape index (κ2) is 9.99. The Hall–Kier alpha value is -1.83. The average molecular weight is 411 g/mol. The van der Waals surface area contributed by atoms with Crippen LogP contribution < -0.4 is 10.6 Å². The summed E-state index contributed by atoms with van der Waals surface area (Å²) in [5, 5.41) is 10.6. The third-order valence-corrected chi connectivity index (χ3v) is 2.99. The quantitative estimate of drug-likeness (QED) is 0.332. The standard InChI is InChI=1S/C16H21N5.HI/c1-3-8-18-16(17-2)19-12-14-6-4-7-15(11-14)13-21-10-5-9-20-21;/h3-7,9-11H,1,8,12-13H2,2H3,(H2,17,18,19);1H. The molecule has 2 aromatic rings. The van der Waals surface area contributed by atoms with Crippen LogP contribution in [0.2, 0.25) is 0 Å². The fraction of sp³-hybridized carbons (Fsp3) is 0.250. The zero-order chi connectivity index (χ0) is 14.9. The Balaban J connectivity index is 0.00000242. The van der Waals surface area contributed by atoms with Crippen LogP contribution in [-0.2, 0) is 13.1 Å². The number of aromatic nitrogens is 2. The van der Waals surface area contributed by atoms with Crippen LogP contribution in [0.25, 0.3) is 0 Å². The largest absolute Gasteiger partial charge is 0.353 e. The van der Waals surface area contributed by atoms with Gasteiger partial charge in [0, 0.05) is 32.5 Å². The van der Waals surface area contributed by atoms with Crippen LogP contribution >= 0.6 is 24.0 Å². The second-order valence-corrected chi connectivity index (χ2v) is 4.62. The molecule has 2 N–H and O–H groups in total. The molecule has 1 aromatic carbocycles. The van der Waals surface area contributed by atoms with E-state index in [2.05, 4.69) is 51.6 Å². The highest BCUT2D eigenvalue weighted by molar-refractivity contribution is 14.0. The maximum atomic E-state index is 4.22. The fourth-order valence-electron chi connectivity index (χ4n) is 1.99. The molecule has 1 heterocycles. The van der Waals surface area contributed by atoms with Crippen LogP contribution in [0.1, 0.15) is 11.1 Å². The molecule has 0 atom stereocenters. The molecule has 0 unspecified atom stereocenters. The smallest absolute Gasteiger partial charge is 0.191 e. The summed E-state index contributed by atoms with van der Waals surface area (Å²) in [5.74, 6) is 0.771. The molecule has 0 spiro atoms. The minimum absolute atomic E-state index is 0. The third-order valence-electron chi connectivity index (χ3n) is 2.99. The molecule has 0 radical (unpaired) electrons. The van der Waals surface area contributed by atoms with Crippen LogP contribution in [0.4, 0.5) is 0 Å². The van der Waals surface area contributed by atoms with E-state index in [9.17, 15) is 0 Å². The first-order valence-electron chi connectivity index (χ1n) is 6.92. The van der Waals surface area contributed by atoms with E-state index >= 15 is 0 Å². The lowest BCUT2D eigenvalue weighted by Gasteiger charge is -2.11. The van der Waals surface area contributed by atoms with Gasteiger partial charge < -0.3 is 10.6 Å². The first-order chi connectivity index (χ1) is 10.3. The van der Waals surface area contributed by atoms with Crippen molar-refractivity contribution in [3.8, 4) is 0 Å². The van der Waals surface area contributed by atoms with E-state index in [4.69, 9.17) is 0 Å². The molecule has 0 fully saturated rings. The molecule has 0 aliphatic carbocycles. The number of nitrogens with zero attached hydrogens (tertiary/aromatic N) is 3. The summed E-state index contributed by atoms with van der Waals surface area (Å²) in [6, 6.07) is 10.4. The molecule has 1 aromatic heterocycles. The van der Waals surface area contributed by atoms with Gasteiger partial charge in [0.05, 0.1) is 6.54 Å². The highest BCUT2D eigenvalue weighted by atomic mass is 127. The Kier molecular flexibility index (Phi) is 8.27. The lowest BCUT2D eigenvalue weighted by atomic mass is 10.1. The lowest BCUT2D eigenvalue weighted by Crippen LogP contribution is -2.36. The minimum Gasteiger partial charge on any atom is -0.353 e. The van der Waals surface area contributed by atoms with E-state index in [1.165, 1.54) is 11.1 Å². The van der Waals surface area contributed by atoms with Crippen LogP contribution in [0, 0.1) is 0 Å². The van der Waals surface area contributed by atoms with E-state index < -0.39 is 0 Å². The molecular weight excluding hydrogens is 389 g/mol. The Morgan fingerprint density at radius 1 is 1.32 bits per heavy atom. The van der Waals surface area contributed by atoms with Gasteiger partial charge in [-0.15, -0.1) is 30.6 Å². The minimum atomic E-state index is 0. The monoisotopic (exact) mass is 411 g/mol. The van der Waals surface area contributed by atoms with Crippen LogP contribution in [0.15, 0.2) is 60.4 Å². The predicted molar refractivity (Wildman–Crippen MR) is 102 cm³/mol. The topological polar surface area (TPSA) is 54.2 Å². The van der Waals surface area contributed by atoms with Gasteiger partial charge >= 0.3 is 0 Å². The fourth-order valence-corrected chi connectivity index (χ4v) is 1.99. The van der Waals surface area contributed by atoms with Crippen molar-refractivity contribution < 1.29 is 0 Å². The zero-order valence-electron chi connectivity index (χ0n) is 12.7. The zero-order valence-corrected chi connectivity index (χ0v) is 15.0. The molecule has 0 bridgehead atoms. The van der Waals surface area contributed by atoms with Crippen molar-refractivity contribution in [3.05, 3.63) is 66.5 Å². The summed E-state index contributed by atoms with van der Waals surface area (Å²) in [7, 11) is 1.76. The molecule has 0 aliphatic heterocycles. The number of hydrogen-bond acceptors (Lipinski definition) is 2. The summed E-state index contributed by atoms with van der Waals surface area (Å²) in [5.41, 5.74) is 2.44. The maximum Gasteiger partial charge on any atom is 0.191 e. The number of halogens is 1. The van der Waals surface area contributed by atoms with Gasteiger partial charge in [-0.25, -0.2) is 0 Å². The molecule has 0 amide bonds. The molecule has 118 valence electrons. The van der Waals surface area contributed by atoms with Crippen LogP contribution in [-0.4, -0.2) is 29.3 Å². The number of nitrogens with one attached hydrogen (secondary N) is 2. The predicted octanol–water partition coefficient (Wildman–Crippen LogP) is 2.40. The summed E-state index contributed by atoms with van der Waals surface area (Å²) in [6.45, 7) is 5.88. The molecule has 2 rings (SSSR count). The summed E-state index contributed by atoms with van der Waals surface area (Å²) >= 11 is 0. The summed E-state index contributed by atoms with van der Waals surface area (Å²) in [6.07, 6.45) is 5.56. The number of guanidine groups is 1. The van der Waals surface area contributed by atoms with Gasteiger partial charge in [-0.3, -0.25) is 9.67 Å². The first-order valence-corrected chi connectivity index (χ1v) is 6.92. The highest BCUT2D eigenvalue weighted by Gasteiger charge is 2.00. The first kappa shape index (κ1) is 18.2. The van der Waals surface area contributed by atoms with Crippen LogP contribution in [0.3, 0.4) is 0 Å². The normalized spacial score (nSPS) is 10.7. The van der Waals surface area contributed by atoms with Crippen molar-refractivity contribution in [1.82, 2.24) is 20.4 Å². The van der Waals surface area contributed by atoms with Crippen molar-refractivity contribution in [3.63, 3.8) is 0 Å². The molecule has 22 heavy (non-hydrogen) atoms. The Labute approximate surface area is 148 Å². The van der Waals surface area contributed by atoms with Crippen molar-refractivity contribution in [2.45, 2.75) is 13.1 Å². The Morgan fingerprint density at radius 3 is 2.82 bits per heavy atom. The maximum absolute atomic E-state index is 4.22. The summed E-state index contributed by atoms with van der Waals surface area (Å²) < 4.78 is 1.91. The number of aliphatic imine (C=N–C) groups is 1. The molecular formula is C16H22IN5. The summed E-state index contributed by atoms with van der Waals surface area (Å²) in [4.78, 5) is 4.16. The molecule has 5 nitrogen and oxygen atoms in total. The number of benzene rings is 1. The number of hydrogen-bond donors (Lipinski definition) is 2. The van der Waals surface area contributed by atoms with Crippen molar-refractivity contribution in [2.75, 3.05) is 13.6 Å². The van der Waals surface area contributed by atoms with Gasteiger partial charge in [0.15, 0.2) is 5.96 Å². The van der Waals surface area contributed by atoms with Crippen molar-refractivity contribution >= 4 is 29.9 Å². The Morgan fingerprint density at radius 2 is 2.14 bits per heavy atom.